The van der Waals surface area contributed by atoms with Gasteiger partial charge in [-0.05, 0) is 25.1 Å². The molecule has 1 heterocycles. The van der Waals surface area contributed by atoms with Crippen molar-refractivity contribution in [2.24, 2.45) is 0 Å². The van der Waals surface area contributed by atoms with Crippen LogP contribution in [0.3, 0.4) is 0 Å². The maximum absolute atomic E-state index is 3.92. The standard InChI is InChI=1S/C12H28NSi2.Li/c1-6-7-8-9-10-13-14(2,3)11-12-15(13,4)5;/h1,6-12H2,2-5H3;/q-1;+1. The molecule has 1 rings (SSSR count). The Labute approximate surface area is 117 Å². The Bertz CT molecular complexity index is 191. The zero-order valence-corrected chi connectivity index (χ0v) is 14.1. The van der Waals surface area contributed by atoms with E-state index >= 15 is 0 Å². The van der Waals surface area contributed by atoms with Gasteiger partial charge in [-0.25, -0.2) is 0 Å². The van der Waals surface area contributed by atoms with E-state index in [4.69, 9.17) is 0 Å². The van der Waals surface area contributed by atoms with Crippen LogP contribution in [0.25, 0.3) is 0 Å². The zero-order chi connectivity index (χ0) is 11.5. The number of rotatable bonds is 5. The molecule has 0 radical (unpaired) electrons. The van der Waals surface area contributed by atoms with Crippen LogP contribution in [0.4, 0.5) is 0 Å². The molecule has 4 heteroatoms. The molecule has 0 amide bonds. The Morgan fingerprint density at radius 3 is 1.88 bits per heavy atom. The Morgan fingerprint density at radius 1 is 0.938 bits per heavy atom. The smallest absolute Gasteiger partial charge is 0.345 e. The van der Waals surface area contributed by atoms with Crippen molar-refractivity contribution in [1.29, 1.82) is 0 Å². The molecular weight excluding hydrogens is 221 g/mol. The predicted molar refractivity (Wildman–Crippen MR) is 75.1 cm³/mol. The van der Waals surface area contributed by atoms with Gasteiger partial charge < -0.3 is 11.2 Å². The molecule has 0 bridgehead atoms. The minimum Gasteiger partial charge on any atom is -0.345 e. The minimum absolute atomic E-state index is 0. The summed E-state index contributed by atoms with van der Waals surface area (Å²) in [6, 6.07) is 3.09. The summed E-state index contributed by atoms with van der Waals surface area (Å²) < 4.78 is 2.99. The Kier molecular flexibility index (Phi) is 7.22. The molecule has 0 aromatic rings. The number of hydrogen-bond donors (Lipinski definition) is 0. The first-order valence-electron chi connectivity index (χ1n) is 6.47. The van der Waals surface area contributed by atoms with Gasteiger partial charge in [0, 0.05) is 0 Å². The summed E-state index contributed by atoms with van der Waals surface area (Å²) in [6.07, 6.45) is 5.22. The molecule has 0 aromatic carbocycles. The first-order chi connectivity index (χ1) is 6.90. The van der Waals surface area contributed by atoms with E-state index in [0.717, 1.165) is 6.42 Å². The number of nitrogens with zero attached hydrogens (tertiary/aromatic N) is 1. The average molecular weight is 249 g/mol. The van der Waals surface area contributed by atoms with Crippen molar-refractivity contribution in [2.75, 3.05) is 6.54 Å². The molecule has 1 saturated heterocycles. The molecule has 0 saturated carbocycles. The quantitative estimate of drug-likeness (QED) is 0.401. The first-order valence-corrected chi connectivity index (χ1v) is 12.8. The summed E-state index contributed by atoms with van der Waals surface area (Å²) in [5, 5.41) is 0. The zero-order valence-electron chi connectivity index (χ0n) is 12.1. The second-order valence-corrected chi connectivity index (χ2v) is 16.0. The average Bonchev–Trinajstić information content (AvgIpc) is 2.33. The molecule has 1 aliphatic rings. The van der Waals surface area contributed by atoms with E-state index in [1.54, 1.807) is 12.1 Å². The largest absolute Gasteiger partial charge is 1.00 e. The monoisotopic (exact) mass is 249 g/mol. The summed E-state index contributed by atoms with van der Waals surface area (Å²) in [7, 11) is -1.97. The predicted octanol–water partition coefficient (Wildman–Crippen LogP) is 1.11. The molecule has 0 unspecified atom stereocenters. The fraction of sp³-hybridized carbons (Fsp3) is 0.917. The molecule has 1 fully saturated rings. The Morgan fingerprint density at radius 2 is 1.44 bits per heavy atom. The van der Waals surface area contributed by atoms with Crippen molar-refractivity contribution in [1.82, 2.24) is 4.23 Å². The van der Waals surface area contributed by atoms with E-state index in [0.29, 0.717) is 0 Å². The van der Waals surface area contributed by atoms with Gasteiger partial charge >= 0.3 is 18.9 Å². The van der Waals surface area contributed by atoms with Crippen LogP contribution in [0.15, 0.2) is 0 Å². The fourth-order valence-electron chi connectivity index (χ4n) is 2.93. The third kappa shape index (κ3) is 4.34. The summed E-state index contributed by atoms with van der Waals surface area (Å²) in [5.41, 5.74) is 0. The molecule has 1 nitrogen and oxygen atoms in total. The molecule has 16 heavy (non-hydrogen) atoms. The maximum atomic E-state index is 3.92. The molecule has 0 aliphatic carbocycles. The normalized spacial score (nSPS) is 23.1. The van der Waals surface area contributed by atoms with Gasteiger partial charge in [0.15, 0.2) is 0 Å². The molecule has 0 aromatic heterocycles. The van der Waals surface area contributed by atoms with Crippen LogP contribution in [0.1, 0.15) is 25.7 Å². The summed E-state index contributed by atoms with van der Waals surface area (Å²) in [5.74, 6) is 0. The van der Waals surface area contributed by atoms with Gasteiger partial charge in [-0.1, -0.05) is 39.0 Å². The van der Waals surface area contributed by atoms with Crippen LogP contribution in [-0.4, -0.2) is 27.2 Å². The molecule has 0 atom stereocenters. The summed E-state index contributed by atoms with van der Waals surface area (Å²) in [4.78, 5) is 0. The summed E-state index contributed by atoms with van der Waals surface area (Å²) >= 11 is 0. The first kappa shape index (κ1) is 17.0. The van der Waals surface area contributed by atoms with Crippen LogP contribution in [0.5, 0.6) is 0 Å². The Balaban J connectivity index is 0.00000225. The van der Waals surface area contributed by atoms with Gasteiger partial charge in [0.25, 0.3) is 0 Å². The molecule has 0 N–H and O–H groups in total. The second kappa shape index (κ2) is 6.80. The number of hydrogen-bond acceptors (Lipinski definition) is 1. The van der Waals surface area contributed by atoms with Crippen LogP contribution in [0.2, 0.25) is 38.3 Å². The van der Waals surface area contributed by atoms with Crippen molar-refractivity contribution < 1.29 is 18.9 Å². The van der Waals surface area contributed by atoms with E-state index < -0.39 is 16.5 Å². The maximum Gasteiger partial charge on any atom is 1.00 e. The van der Waals surface area contributed by atoms with Crippen molar-refractivity contribution >= 4 is 16.5 Å². The summed E-state index contributed by atoms with van der Waals surface area (Å²) in [6.45, 7) is 15.6. The van der Waals surface area contributed by atoms with E-state index in [1.807, 2.05) is 0 Å². The van der Waals surface area contributed by atoms with E-state index in [1.165, 1.54) is 25.8 Å². The van der Waals surface area contributed by atoms with E-state index in [-0.39, 0.29) is 18.9 Å². The Hall–Kier alpha value is 0.991. The van der Waals surface area contributed by atoms with Crippen LogP contribution in [0, 0.1) is 6.92 Å². The molecule has 90 valence electrons. The third-order valence-corrected chi connectivity index (χ3v) is 14.4. The van der Waals surface area contributed by atoms with Crippen LogP contribution in [-0.2, 0) is 0 Å². The fourth-order valence-corrected chi connectivity index (χ4v) is 17.1. The molecule has 1 aliphatic heterocycles. The molecular formula is C12H28LiNSi2. The van der Waals surface area contributed by atoms with Gasteiger partial charge in [0.1, 0.15) is 16.5 Å². The minimum atomic E-state index is -0.986. The van der Waals surface area contributed by atoms with Gasteiger partial charge in [-0.2, -0.15) is 6.42 Å². The van der Waals surface area contributed by atoms with Crippen molar-refractivity contribution in [2.45, 2.75) is 64.0 Å². The van der Waals surface area contributed by atoms with Crippen molar-refractivity contribution in [3.63, 3.8) is 0 Å². The van der Waals surface area contributed by atoms with Gasteiger partial charge in [-0.3, -0.25) is 0 Å². The van der Waals surface area contributed by atoms with Crippen LogP contribution >= 0.6 is 0 Å². The SMILES string of the molecule is [CH2-]CCCCCN1[Si](C)(C)CC[Si]1(C)C.[Li+]. The van der Waals surface area contributed by atoms with Gasteiger partial charge in [0.2, 0.25) is 0 Å². The second-order valence-electron chi connectivity index (χ2n) is 6.19. The van der Waals surface area contributed by atoms with Gasteiger partial charge in [0.05, 0.1) is 0 Å². The third-order valence-electron chi connectivity index (χ3n) is 3.94. The van der Waals surface area contributed by atoms with E-state index in [2.05, 4.69) is 37.3 Å². The van der Waals surface area contributed by atoms with Gasteiger partial charge in [-0.15, -0.1) is 0 Å². The molecule has 0 spiro atoms. The van der Waals surface area contributed by atoms with Crippen LogP contribution < -0.4 is 18.9 Å². The van der Waals surface area contributed by atoms with Crippen molar-refractivity contribution in [3.8, 4) is 0 Å². The topological polar surface area (TPSA) is 3.24 Å². The van der Waals surface area contributed by atoms with Crippen molar-refractivity contribution in [3.05, 3.63) is 6.92 Å². The van der Waals surface area contributed by atoms with E-state index in [9.17, 15) is 0 Å². The number of unbranched alkanes of at least 4 members (excludes halogenated alkanes) is 3.